The molecule has 6 heteroatoms. The summed E-state index contributed by atoms with van der Waals surface area (Å²) in [5.74, 6) is -0.359. The lowest BCUT2D eigenvalue weighted by atomic mass is 10.2. The highest BCUT2D eigenvalue weighted by Gasteiger charge is 2.32. The number of carboxylic acid groups (broad SMARTS) is 1. The molecular weight excluding hydrogens is 232 g/mol. The zero-order valence-electron chi connectivity index (χ0n) is 10.8. The van der Waals surface area contributed by atoms with E-state index in [1.54, 1.807) is 4.90 Å². The van der Waals surface area contributed by atoms with Gasteiger partial charge in [-0.15, -0.1) is 5.10 Å². The number of carboxylic acids is 1. The van der Waals surface area contributed by atoms with Crippen LogP contribution in [-0.4, -0.2) is 38.8 Å². The molecule has 1 aliphatic heterocycles. The molecular formula is C12H18N4O2. The first kappa shape index (κ1) is 12.7. The van der Waals surface area contributed by atoms with Crippen molar-refractivity contribution < 1.29 is 9.90 Å². The second kappa shape index (κ2) is 5.29. The summed E-state index contributed by atoms with van der Waals surface area (Å²) in [5.41, 5.74) is 1.81. The first-order chi connectivity index (χ1) is 8.67. The summed E-state index contributed by atoms with van der Waals surface area (Å²) in [7, 11) is 0. The van der Waals surface area contributed by atoms with E-state index in [-0.39, 0.29) is 0 Å². The van der Waals surface area contributed by atoms with Gasteiger partial charge in [-0.2, -0.15) is 5.10 Å². The molecule has 1 N–H and O–H groups in total. The van der Waals surface area contributed by atoms with Gasteiger partial charge in [0.25, 0.3) is 0 Å². The van der Waals surface area contributed by atoms with E-state index in [1.165, 1.54) is 0 Å². The van der Waals surface area contributed by atoms with Crippen LogP contribution < -0.4 is 4.90 Å². The molecule has 0 aliphatic carbocycles. The van der Waals surface area contributed by atoms with E-state index in [4.69, 9.17) is 5.11 Å². The second-order valence-electron chi connectivity index (χ2n) is 4.40. The third kappa shape index (κ3) is 2.27. The molecule has 98 valence electrons. The maximum atomic E-state index is 11.1. The van der Waals surface area contributed by atoms with Gasteiger partial charge in [-0.3, -0.25) is 0 Å². The number of aliphatic carboxylic acids is 1. The maximum Gasteiger partial charge on any atom is 0.326 e. The smallest absolute Gasteiger partial charge is 0.326 e. The van der Waals surface area contributed by atoms with Gasteiger partial charge in [0.05, 0.1) is 11.4 Å². The Hall–Kier alpha value is -1.72. The molecule has 1 aromatic rings. The van der Waals surface area contributed by atoms with Crippen LogP contribution in [0, 0.1) is 0 Å². The third-order valence-corrected chi connectivity index (χ3v) is 3.29. The molecule has 2 heterocycles. The van der Waals surface area contributed by atoms with E-state index in [0.717, 1.165) is 30.7 Å². The number of aryl methyl sites for hydroxylation is 2. The molecule has 0 saturated carbocycles. The topological polar surface area (TPSA) is 79.2 Å². The van der Waals surface area contributed by atoms with Crippen molar-refractivity contribution in [1.82, 2.24) is 15.2 Å². The fourth-order valence-electron chi connectivity index (χ4n) is 2.31. The Labute approximate surface area is 106 Å². The molecule has 0 radical (unpaired) electrons. The average molecular weight is 250 g/mol. The molecule has 1 saturated heterocycles. The minimum atomic E-state index is -0.811. The molecule has 0 aromatic carbocycles. The lowest BCUT2D eigenvalue weighted by molar-refractivity contribution is -0.138. The lowest BCUT2D eigenvalue weighted by Gasteiger charge is -2.21. The van der Waals surface area contributed by atoms with Gasteiger partial charge < -0.3 is 10.0 Å². The summed E-state index contributed by atoms with van der Waals surface area (Å²) < 4.78 is 0. The first-order valence-corrected chi connectivity index (χ1v) is 6.39. The summed E-state index contributed by atoms with van der Waals surface area (Å²) in [6.45, 7) is 4.72. The Balaban J connectivity index is 2.30. The molecule has 0 amide bonds. The van der Waals surface area contributed by atoms with Gasteiger partial charge in [0, 0.05) is 6.54 Å². The molecule has 6 nitrogen and oxygen atoms in total. The predicted octanol–water partition coefficient (Wildman–Crippen LogP) is 1.05. The van der Waals surface area contributed by atoms with Crippen LogP contribution in [0.1, 0.15) is 38.1 Å². The summed E-state index contributed by atoms with van der Waals surface area (Å²) in [6.07, 6.45) is 3.09. The summed E-state index contributed by atoms with van der Waals surface area (Å²) in [5, 5.41) is 17.4. The predicted molar refractivity (Wildman–Crippen MR) is 66.6 cm³/mol. The second-order valence-corrected chi connectivity index (χ2v) is 4.40. The number of hydrogen-bond acceptors (Lipinski definition) is 5. The Bertz CT molecular complexity index is 450. The monoisotopic (exact) mass is 250 g/mol. The summed E-state index contributed by atoms with van der Waals surface area (Å²) >= 11 is 0. The van der Waals surface area contributed by atoms with E-state index in [1.807, 2.05) is 13.8 Å². The highest BCUT2D eigenvalue weighted by atomic mass is 16.4. The van der Waals surface area contributed by atoms with Crippen LogP contribution in [0.3, 0.4) is 0 Å². The summed E-state index contributed by atoms with van der Waals surface area (Å²) in [4.78, 5) is 17.4. The zero-order valence-corrected chi connectivity index (χ0v) is 10.8. The maximum absolute atomic E-state index is 11.1. The van der Waals surface area contributed by atoms with Crippen molar-refractivity contribution in [3.05, 3.63) is 11.4 Å². The fourth-order valence-corrected chi connectivity index (χ4v) is 2.31. The van der Waals surface area contributed by atoms with Gasteiger partial charge in [-0.1, -0.05) is 13.8 Å². The van der Waals surface area contributed by atoms with Crippen molar-refractivity contribution in [3.63, 3.8) is 0 Å². The number of aromatic nitrogens is 3. The van der Waals surface area contributed by atoms with E-state index < -0.39 is 12.0 Å². The molecule has 2 rings (SSSR count). The number of nitrogens with zero attached hydrogens (tertiary/aromatic N) is 4. The van der Waals surface area contributed by atoms with E-state index in [2.05, 4.69) is 15.2 Å². The van der Waals surface area contributed by atoms with Crippen molar-refractivity contribution in [2.45, 2.75) is 45.6 Å². The minimum Gasteiger partial charge on any atom is -0.480 e. The minimum absolute atomic E-state index is 0.453. The van der Waals surface area contributed by atoms with E-state index in [9.17, 15) is 4.79 Å². The largest absolute Gasteiger partial charge is 0.480 e. The fraction of sp³-hybridized carbons (Fsp3) is 0.667. The zero-order chi connectivity index (χ0) is 13.1. The van der Waals surface area contributed by atoms with Gasteiger partial charge in [-0.25, -0.2) is 9.78 Å². The van der Waals surface area contributed by atoms with Crippen LogP contribution in [0.4, 0.5) is 5.95 Å². The number of carbonyl (C=O) groups is 1. The average Bonchev–Trinajstić information content (AvgIpc) is 2.87. The van der Waals surface area contributed by atoms with Crippen LogP contribution in [0.2, 0.25) is 0 Å². The van der Waals surface area contributed by atoms with Crippen molar-refractivity contribution in [1.29, 1.82) is 0 Å². The molecule has 1 aromatic heterocycles. The quantitative estimate of drug-likeness (QED) is 0.860. The normalized spacial score (nSPS) is 19.2. The standard InChI is InChI=1S/C12H18N4O2/c1-3-8-9(4-2)14-15-12(13-8)16-7-5-6-10(16)11(17)18/h10H,3-7H2,1-2H3,(H,17,18)/t10-/m1/s1. The van der Waals surface area contributed by atoms with Crippen LogP contribution in [0.25, 0.3) is 0 Å². The van der Waals surface area contributed by atoms with Crippen LogP contribution >= 0.6 is 0 Å². The summed E-state index contributed by atoms with van der Waals surface area (Å²) in [6, 6.07) is -0.510. The molecule has 0 bridgehead atoms. The Morgan fingerprint density at radius 3 is 2.67 bits per heavy atom. The Morgan fingerprint density at radius 1 is 1.33 bits per heavy atom. The van der Waals surface area contributed by atoms with Crippen molar-refractivity contribution in [3.8, 4) is 0 Å². The Kier molecular flexibility index (Phi) is 3.74. The molecule has 0 unspecified atom stereocenters. The highest BCUT2D eigenvalue weighted by Crippen LogP contribution is 2.22. The SMILES string of the molecule is CCc1nnc(N2CCC[C@@H]2C(=O)O)nc1CC. The third-order valence-electron chi connectivity index (χ3n) is 3.29. The van der Waals surface area contributed by atoms with Crippen molar-refractivity contribution in [2.75, 3.05) is 11.4 Å². The van der Waals surface area contributed by atoms with Crippen molar-refractivity contribution >= 4 is 11.9 Å². The molecule has 18 heavy (non-hydrogen) atoms. The Morgan fingerprint density at radius 2 is 2.06 bits per heavy atom. The molecule has 1 aliphatic rings. The first-order valence-electron chi connectivity index (χ1n) is 6.39. The van der Waals surface area contributed by atoms with E-state index in [0.29, 0.717) is 18.9 Å². The van der Waals surface area contributed by atoms with Crippen LogP contribution in [0.15, 0.2) is 0 Å². The van der Waals surface area contributed by atoms with Crippen molar-refractivity contribution in [2.24, 2.45) is 0 Å². The number of anilines is 1. The van der Waals surface area contributed by atoms with Gasteiger partial charge in [0.1, 0.15) is 6.04 Å². The van der Waals surface area contributed by atoms with Gasteiger partial charge in [0.2, 0.25) is 5.95 Å². The van der Waals surface area contributed by atoms with Gasteiger partial charge in [0.15, 0.2) is 0 Å². The molecule has 1 atom stereocenters. The number of rotatable bonds is 4. The van der Waals surface area contributed by atoms with Gasteiger partial charge in [-0.05, 0) is 25.7 Å². The highest BCUT2D eigenvalue weighted by molar-refractivity contribution is 5.77. The number of hydrogen-bond donors (Lipinski definition) is 1. The lowest BCUT2D eigenvalue weighted by Crippen LogP contribution is -2.37. The molecule has 1 fully saturated rings. The van der Waals surface area contributed by atoms with Crippen LogP contribution in [0.5, 0.6) is 0 Å². The molecule has 0 spiro atoms. The van der Waals surface area contributed by atoms with Crippen LogP contribution in [-0.2, 0) is 17.6 Å². The van der Waals surface area contributed by atoms with E-state index >= 15 is 0 Å². The van der Waals surface area contributed by atoms with Gasteiger partial charge >= 0.3 is 5.97 Å².